The second kappa shape index (κ2) is 13.1. The predicted molar refractivity (Wildman–Crippen MR) is 204 cm³/mol. The van der Waals surface area contributed by atoms with Gasteiger partial charge in [0.05, 0.1) is 19.6 Å². The fourth-order valence-electron chi connectivity index (χ4n) is 6.89. The lowest BCUT2D eigenvalue weighted by Gasteiger charge is -2.25. The van der Waals surface area contributed by atoms with Crippen LogP contribution in [0.25, 0.3) is 0 Å². The van der Waals surface area contributed by atoms with Crippen LogP contribution in [0.4, 0.5) is 0 Å². The molecule has 0 aliphatic rings. The highest BCUT2D eigenvalue weighted by atomic mass is 16.3. The van der Waals surface area contributed by atoms with Crippen LogP contribution >= 0.6 is 0 Å². The molecule has 4 aromatic rings. The van der Waals surface area contributed by atoms with Crippen LogP contribution in [0.2, 0.25) is 0 Å². The van der Waals surface area contributed by atoms with Crippen molar-refractivity contribution in [1.82, 2.24) is 13.7 Å². The highest BCUT2D eigenvalue weighted by Crippen LogP contribution is 2.38. The van der Waals surface area contributed by atoms with E-state index in [1.54, 1.807) is 13.8 Å². The van der Waals surface area contributed by atoms with Crippen molar-refractivity contribution < 1.29 is 10.2 Å². The fraction of sp³-hybridized carbons (Fsp3) is 0.500. The maximum Gasteiger partial charge on any atom is 0.336 e. The Labute approximate surface area is 297 Å². The SMILES string of the molecule is Cc1cc(C(C)(C)C)cc(C)c1Cn1c(=O)n(Cc2c(C)cc(C(C)(C)C)c(O)c2C)c(=O)n(Cc2c(C)cc(C(C)(C)C)c(O)c2C)c1=O. The van der Waals surface area contributed by atoms with Gasteiger partial charge < -0.3 is 10.2 Å². The number of nitrogens with zero attached hydrogens (tertiary/aromatic N) is 3. The summed E-state index contributed by atoms with van der Waals surface area (Å²) in [4.78, 5) is 43.1. The molecule has 270 valence electrons. The van der Waals surface area contributed by atoms with E-state index in [0.29, 0.717) is 22.3 Å². The summed E-state index contributed by atoms with van der Waals surface area (Å²) in [6.45, 7) is 29.7. The lowest BCUT2D eigenvalue weighted by molar-refractivity contribution is 0.438. The first-order chi connectivity index (χ1) is 22.8. The van der Waals surface area contributed by atoms with Gasteiger partial charge in [-0.3, -0.25) is 0 Å². The minimum Gasteiger partial charge on any atom is -0.507 e. The average Bonchev–Trinajstić information content (AvgIpc) is 2.97. The van der Waals surface area contributed by atoms with Gasteiger partial charge in [-0.05, 0) is 125 Å². The molecule has 0 spiro atoms. The Kier molecular flexibility index (Phi) is 10.1. The molecule has 0 bridgehead atoms. The molecule has 1 heterocycles. The van der Waals surface area contributed by atoms with Crippen LogP contribution < -0.4 is 17.1 Å². The van der Waals surface area contributed by atoms with E-state index in [9.17, 15) is 24.6 Å². The summed E-state index contributed by atoms with van der Waals surface area (Å²) in [6, 6.07) is 8.01. The maximum absolute atomic E-state index is 14.4. The molecule has 0 aliphatic carbocycles. The molecule has 0 atom stereocenters. The lowest BCUT2D eigenvalue weighted by Crippen LogP contribution is -2.55. The molecule has 3 aromatic carbocycles. The number of aromatic nitrogens is 3. The Balaban J connectivity index is 2.03. The van der Waals surface area contributed by atoms with Gasteiger partial charge in [0.1, 0.15) is 11.5 Å². The number of phenols is 2. The van der Waals surface area contributed by atoms with Crippen LogP contribution in [0.3, 0.4) is 0 Å². The van der Waals surface area contributed by atoms with Crippen LogP contribution in [-0.2, 0) is 35.9 Å². The molecule has 2 N–H and O–H groups in total. The Morgan fingerprint density at radius 2 is 0.740 bits per heavy atom. The van der Waals surface area contributed by atoms with E-state index >= 15 is 0 Å². The topological polar surface area (TPSA) is 106 Å². The number of phenolic OH excluding ortho intramolecular Hbond substituents is 2. The molecular weight excluding hydrogens is 626 g/mol. The highest BCUT2D eigenvalue weighted by Gasteiger charge is 2.27. The maximum atomic E-state index is 14.4. The van der Waals surface area contributed by atoms with Gasteiger partial charge in [-0.15, -0.1) is 0 Å². The zero-order chi connectivity index (χ0) is 38.0. The summed E-state index contributed by atoms with van der Waals surface area (Å²) in [5.41, 5.74) is 6.68. The van der Waals surface area contributed by atoms with E-state index in [2.05, 4.69) is 32.9 Å². The number of aromatic hydroxyl groups is 2. The van der Waals surface area contributed by atoms with Gasteiger partial charge in [0.15, 0.2) is 0 Å². The smallest absolute Gasteiger partial charge is 0.336 e. The third-order valence-corrected chi connectivity index (χ3v) is 10.3. The van der Waals surface area contributed by atoms with Gasteiger partial charge in [-0.1, -0.05) is 86.6 Å². The molecule has 0 saturated heterocycles. The van der Waals surface area contributed by atoms with Crippen molar-refractivity contribution in [2.45, 2.75) is 140 Å². The summed E-state index contributed by atoms with van der Waals surface area (Å²) >= 11 is 0. The van der Waals surface area contributed by atoms with Gasteiger partial charge >= 0.3 is 17.1 Å². The van der Waals surface area contributed by atoms with Crippen molar-refractivity contribution in [2.24, 2.45) is 0 Å². The van der Waals surface area contributed by atoms with E-state index in [4.69, 9.17) is 0 Å². The number of benzene rings is 3. The third kappa shape index (κ3) is 7.12. The van der Waals surface area contributed by atoms with E-state index in [1.807, 2.05) is 81.4 Å². The van der Waals surface area contributed by atoms with Crippen LogP contribution in [0.5, 0.6) is 11.5 Å². The summed E-state index contributed by atoms with van der Waals surface area (Å²) in [5.74, 6) is 0.260. The number of hydrogen-bond acceptors (Lipinski definition) is 5. The minimum atomic E-state index is -0.746. The summed E-state index contributed by atoms with van der Waals surface area (Å²) in [5, 5.41) is 22.5. The molecular formula is C42H57N3O5. The zero-order valence-corrected chi connectivity index (χ0v) is 32.9. The Hall–Kier alpha value is -4.33. The highest BCUT2D eigenvalue weighted by molar-refractivity contribution is 5.52. The molecule has 8 nitrogen and oxygen atoms in total. The monoisotopic (exact) mass is 683 g/mol. The van der Waals surface area contributed by atoms with Gasteiger partial charge in [0.25, 0.3) is 0 Å². The second-order valence-corrected chi connectivity index (χ2v) is 17.3. The van der Waals surface area contributed by atoms with Gasteiger partial charge in [-0.2, -0.15) is 0 Å². The first-order valence-electron chi connectivity index (χ1n) is 17.5. The molecule has 0 saturated carbocycles. The molecule has 0 aliphatic heterocycles. The predicted octanol–water partition coefficient (Wildman–Crippen LogP) is 7.47. The van der Waals surface area contributed by atoms with Crippen LogP contribution in [0.15, 0.2) is 38.6 Å². The molecule has 0 unspecified atom stereocenters. The number of rotatable bonds is 6. The largest absolute Gasteiger partial charge is 0.507 e. The Bertz CT molecular complexity index is 2040. The first-order valence-corrected chi connectivity index (χ1v) is 17.5. The molecule has 4 rings (SSSR count). The van der Waals surface area contributed by atoms with Crippen LogP contribution in [0, 0.1) is 41.5 Å². The normalized spacial score (nSPS) is 12.5. The van der Waals surface area contributed by atoms with Crippen molar-refractivity contribution >= 4 is 0 Å². The summed E-state index contributed by atoms with van der Waals surface area (Å²) < 4.78 is 3.36. The van der Waals surface area contributed by atoms with E-state index in [-0.39, 0.29) is 47.4 Å². The Morgan fingerprint density at radius 1 is 0.460 bits per heavy atom. The molecule has 0 radical (unpaired) electrons. The second-order valence-electron chi connectivity index (χ2n) is 17.3. The molecule has 8 heteroatoms. The van der Waals surface area contributed by atoms with E-state index in [0.717, 1.165) is 58.2 Å². The quantitative estimate of drug-likeness (QED) is 0.219. The van der Waals surface area contributed by atoms with Crippen LogP contribution in [-0.4, -0.2) is 23.9 Å². The summed E-state index contributed by atoms with van der Waals surface area (Å²) in [6.07, 6.45) is 0. The third-order valence-electron chi connectivity index (χ3n) is 10.3. The number of hydrogen-bond donors (Lipinski definition) is 2. The molecule has 50 heavy (non-hydrogen) atoms. The Morgan fingerprint density at radius 3 is 1.02 bits per heavy atom. The first kappa shape index (κ1) is 38.5. The fourth-order valence-corrected chi connectivity index (χ4v) is 6.89. The van der Waals surface area contributed by atoms with Gasteiger partial charge in [0.2, 0.25) is 0 Å². The molecule has 0 amide bonds. The van der Waals surface area contributed by atoms with Gasteiger partial charge in [0, 0.05) is 0 Å². The zero-order valence-electron chi connectivity index (χ0n) is 32.9. The average molecular weight is 684 g/mol. The lowest BCUT2D eigenvalue weighted by atomic mass is 9.82. The summed E-state index contributed by atoms with van der Waals surface area (Å²) in [7, 11) is 0. The van der Waals surface area contributed by atoms with E-state index < -0.39 is 17.1 Å². The van der Waals surface area contributed by atoms with Crippen molar-refractivity contribution in [3.05, 3.63) is 122 Å². The molecule has 0 fully saturated rings. The van der Waals surface area contributed by atoms with Crippen molar-refractivity contribution in [3.63, 3.8) is 0 Å². The van der Waals surface area contributed by atoms with Crippen molar-refractivity contribution in [3.8, 4) is 11.5 Å². The van der Waals surface area contributed by atoms with Crippen LogP contribution in [0.1, 0.15) is 129 Å². The minimum absolute atomic E-state index is 0.0155. The van der Waals surface area contributed by atoms with Crippen molar-refractivity contribution in [1.29, 1.82) is 0 Å². The van der Waals surface area contributed by atoms with Crippen molar-refractivity contribution in [2.75, 3.05) is 0 Å². The molecule has 1 aromatic heterocycles. The van der Waals surface area contributed by atoms with E-state index in [1.165, 1.54) is 0 Å². The standard InChI is InChI=1S/C42H57N3O5/c1-23-16-29(40(7,8)9)17-24(2)30(23)20-43-37(48)44(21-31-25(3)18-33(41(10,11)12)35(46)27(31)5)39(50)45(38(43)49)22-32-26(4)19-34(42(13,14)15)36(47)28(32)6/h16-19,46-47H,20-22H2,1-15H3. The van der Waals surface area contributed by atoms with Gasteiger partial charge in [-0.25, -0.2) is 28.1 Å². The number of aryl methyl sites for hydroxylation is 4.